The summed E-state index contributed by atoms with van der Waals surface area (Å²) in [5.74, 6) is -1.19. The quantitative estimate of drug-likeness (QED) is 0.502. The van der Waals surface area contributed by atoms with E-state index in [1.54, 1.807) is 30.5 Å². The minimum Gasteiger partial charge on any atom is -0.481 e. The van der Waals surface area contributed by atoms with Crippen molar-refractivity contribution in [2.24, 2.45) is 10.9 Å². The number of fused-ring (bicyclic) bond motifs is 1. The zero-order chi connectivity index (χ0) is 22.5. The monoisotopic (exact) mass is 451 g/mol. The molecular weight excluding hydrogens is 430 g/mol. The first-order valence-electron chi connectivity index (χ1n) is 9.98. The minimum absolute atomic E-state index is 0.180. The number of hydrogen-bond acceptors (Lipinski definition) is 8. The molecule has 1 unspecified atom stereocenters. The normalized spacial score (nSPS) is 14.4. The summed E-state index contributed by atoms with van der Waals surface area (Å²) in [4.78, 5) is 29.2. The topological polar surface area (TPSA) is 121 Å². The lowest BCUT2D eigenvalue weighted by Gasteiger charge is -2.17. The Hall–Kier alpha value is -3.50. The van der Waals surface area contributed by atoms with Crippen LogP contribution in [0.25, 0.3) is 16.5 Å². The molecule has 1 aliphatic heterocycles. The lowest BCUT2D eigenvalue weighted by atomic mass is 10.1. The molecule has 0 fully saturated rings. The molecule has 0 radical (unpaired) electrons. The Labute approximate surface area is 187 Å². The van der Waals surface area contributed by atoms with Gasteiger partial charge in [0.1, 0.15) is 11.9 Å². The van der Waals surface area contributed by atoms with Crippen LogP contribution in [0.3, 0.4) is 0 Å². The van der Waals surface area contributed by atoms with Crippen molar-refractivity contribution in [3.63, 3.8) is 0 Å². The Morgan fingerprint density at radius 2 is 1.94 bits per heavy atom. The smallest absolute Gasteiger partial charge is 0.307 e. The molecule has 0 saturated heterocycles. The van der Waals surface area contributed by atoms with Crippen LogP contribution in [0.1, 0.15) is 12.0 Å². The number of benzene rings is 2. The summed E-state index contributed by atoms with van der Waals surface area (Å²) in [6.07, 6.45) is 3.31. The van der Waals surface area contributed by atoms with Gasteiger partial charge in [0.2, 0.25) is 0 Å². The Bertz CT molecular complexity index is 1240. The maximum Gasteiger partial charge on any atom is 0.307 e. The molecule has 0 amide bonds. The fraction of sp³-hybridized carbons (Fsp3) is 0.227. The first-order valence-corrected chi connectivity index (χ1v) is 11.0. The minimum atomic E-state index is -0.913. The molecule has 0 bridgehead atoms. The number of nitrogens with zero attached hydrogens (tertiary/aromatic N) is 5. The summed E-state index contributed by atoms with van der Waals surface area (Å²) in [7, 11) is 0. The van der Waals surface area contributed by atoms with Gasteiger partial charge in [0, 0.05) is 23.4 Å². The second-order valence-corrected chi connectivity index (χ2v) is 8.40. The number of carboxylic acid groups (broad SMARTS) is 1. The van der Waals surface area contributed by atoms with Crippen LogP contribution in [0.4, 0.5) is 0 Å². The number of aryl methyl sites for hydroxylation is 1. The zero-order valence-corrected chi connectivity index (χ0v) is 17.9. The van der Waals surface area contributed by atoms with Crippen LogP contribution in [0.5, 0.6) is 0 Å². The number of rotatable bonds is 8. The van der Waals surface area contributed by atoms with Crippen molar-refractivity contribution in [1.29, 1.82) is 0 Å². The zero-order valence-electron chi connectivity index (χ0n) is 17.0. The number of hydrogen-bond donors (Lipinski definition) is 2. The van der Waals surface area contributed by atoms with Crippen LogP contribution < -0.4 is 5.56 Å². The van der Waals surface area contributed by atoms with Crippen molar-refractivity contribution in [1.82, 2.24) is 20.1 Å². The molecule has 3 aromatic rings. The van der Waals surface area contributed by atoms with Crippen LogP contribution in [0.15, 0.2) is 69.4 Å². The van der Waals surface area contributed by atoms with E-state index in [9.17, 15) is 19.9 Å². The van der Waals surface area contributed by atoms with Gasteiger partial charge in [-0.15, -0.1) is 16.9 Å². The van der Waals surface area contributed by atoms with Gasteiger partial charge in [0.25, 0.3) is 5.56 Å². The van der Waals surface area contributed by atoms with Gasteiger partial charge in [0.05, 0.1) is 17.8 Å². The fourth-order valence-corrected chi connectivity index (χ4v) is 4.34. The predicted molar refractivity (Wildman–Crippen MR) is 122 cm³/mol. The maximum absolute atomic E-state index is 12.5. The third-order valence-corrected chi connectivity index (χ3v) is 6.28. The van der Waals surface area contributed by atoms with Crippen LogP contribution in [0, 0.1) is 5.92 Å². The molecule has 1 aromatic heterocycles. The van der Waals surface area contributed by atoms with E-state index in [1.807, 2.05) is 24.3 Å². The van der Waals surface area contributed by atoms with Gasteiger partial charge < -0.3 is 5.11 Å². The number of aliphatic carboxylic acids is 1. The molecule has 32 heavy (non-hydrogen) atoms. The Morgan fingerprint density at radius 3 is 2.69 bits per heavy atom. The van der Waals surface area contributed by atoms with Gasteiger partial charge in [0.15, 0.2) is 0 Å². The van der Waals surface area contributed by atoms with E-state index in [-0.39, 0.29) is 18.5 Å². The summed E-state index contributed by atoms with van der Waals surface area (Å²) < 4.78 is 1.22. The van der Waals surface area contributed by atoms with E-state index in [0.717, 1.165) is 21.1 Å². The SMILES string of the molecule is O=C(O)C(CCn1nnc2ccccc2c1=O)CSc1ccc(C2=CN=CN(O)C2)cc1. The molecule has 2 N–H and O–H groups in total. The Kier molecular flexibility index (Phi) is 6.62. The van der Waals surface area contributed by atoms with Gasteiger partial charge >= 0.3 is 5.97 Å². The average molecular weight is 452 g/mol. The number of thioether (sulfide) groups is 1. The molecule has 10 heteroatoms. The molecule has 0 aliphatic carbocycles. The van der Waals surface area contributed by atoms with E-state index >= 15 is 0 Å². The first kappa shape index (κ1) is 21.7. The third-order valence-electron chi connectivity index (χ3n) is 5.11. The second-order valence-electron chi connectivity index (χ2n) is 7.31. The molecule has 0 saturated carbocycles. The summed E-state index contributed by atoms with van der Waals surface area (Å²) in [5.41, 5.74) is 2.07. The predicted octanol–water partition coefficient (Wildman–Crippen LogP) is 2.75. The standard InChI is InChI=1S/C22H21N5O4S/c28-21-19-3-1-2-4-20(19)24-25-27(21)10-9-16(22(29)30)13-32-18-7-5-15(6-8-18)17-11-23-14-26(31)12-17/h1-8,11,14,16,31H,9-10,12-13H2,(H,29,30). The van der Waals surface area contributed by atoms with E-state index in [2.05, 4.69) is 15.3 Å². The first-order chi connectivity index (χ1) is 15.5. The van der Waals surface area contributed by atoms with Crippen LogP contribution in [-0.4, -0.2) is 55.0 Å². The Morgan fingerprint density at radius 1 is 1.16 bits per heavy atom. The van der Waals surface area contributed by atoms with E-state index in [1.165, 1.54) is 22.8 Å². The van der Waals surface area contributed by atoms with Crippen molar-refractivity contribution >= 4 is 40.5 Å². The van der Waals surface area contributed by atoms with Gasteiger partial charge in [-0.2, -0.15) is 0 Å². The van der Waals surface area contributed by atoms with E-state index < -0.39 is 11.9 Å². The van der Waals surface area contributed by atoms with Crippen molar-refractivity contribution in [3.8, 4) is 0 Å². The van der Waals surface area contributed by atoms with Gasteiger partial charge in [-0.25, -0.2) is 14.7 Å². The highest BCUT2D eigenvalue weighted by atomic mass is 32.2. The van der Waals surface area contributed by atoms with Crippen molar-refractivity contribution in [3.05, 3.63) is 70.6 Å². The largest absolute Gasteiger partial charge is 0.481 e. The van der Waals surface area contributed by atoms with E-state index in [0.29, 0.717) is 23.2 Å². The average Bonchev–Trinajstić information content (AvgIpc) is 2.80. The number of aliphatic imine (C=N–C) groups is 1. The lowest BCUT2D eigenvalue weighted by Crippen LogP contribution is -2.27. The number of carbonyl (C=O) groups is 1. The maximum atomic E-state index is 12.5. The lowest BCUT2D eigenvalue weighted by molar-refractivity contribution is -0.141. The van der Waals surface area contributed by atoms with Crippen molar-refractivity contribution in [2.75, 3.05) is 12.3 Å². The van der Waals surface area contributed by atoms with Crippen molar-refractivity contribution < 1.29 is 15.1 Å². The van der Waals surface area contributed by atoms with Crippen LogP contribution in [-0.2, 0) is 11.3 Å². The molecule has 164 valence electrons. The molecule has 9 nitrogen and oxygen atoms in total. The molecule has 4 rings (SSSR count). The molecular formula is C22H21N5O4S. The highest BCUT2D eigenvalue weighted by molar-refractivity contribution is 7.99. The van der Waals surface area contributed by atoms with Gasteiger partial charge in [-0.05, 0) is 41.8 Å². The highest BCUT2D eigenvalue weighted by Crippen LogP contribution is 2.25. The van der Waals surface area contributed by atoms with Crippen LogP contribution in [0.2, 0.25) is 0 Å². The number of aromatic nitrogens is 3. The fourth-order valence-electron chi connectivity index (χ4n) is 3.31. The molecule has 2 aromatic carbocycles. The molecule has 2 heterocycles. The highest BCUT2D eigenvalue weighted by Gasteiger charge is 2.19. The number of carboxylic acids is 1. The molecule has 1 atom stereocenters. The summed E-state index contributed by atoms with van der Waals surface area (Å²) >= 11 is 1.44. The van der Waals surface area contributed by atoms with E-state index in [4.69, 9.17) is 0 Å². The van der Waals surface area contributed by atoms with Gasteiger partial charge in [-0.3, -0.25) is 14.8 Å². The molecule has 0 spiro atoms. The Balaban J connectivity index is 1.37. The third kappa shape index (κ3) is 5.04. The van der Waals surface area contributed by atoms with Crippen LogP contribution >= 0.6 is 11.8 Å². The number of hydroxylamine groups is 2. The second kappa shape index (κ2) is 9.75. The summed E-state index contributed by atoms with van der Waals surface area (Å²) in [6.45, 7) is 0.535. The summed E-state index contributed by atoms with van der Waals surface area (Å²) in [5, 5.41) is 28.6. The van der Waals surface area contributed by atoms with Gasteiger partial charge in [-0.1, -0.05) is 29.5 Å². The molecule has 1 aliphatic rings. The summed E-state index contributed by atoms with van der Waals surface area (Å²) in [6, 6.07) is 14.6. The van der Waals surface area contributed by atoms with Crippen molar-refractivity contribution in [2.45, 2.75) is 17.9 Å².